The molecule has 1 aliphatic heterocycles. The normalized spacial score (nSPS) is 14.9. The molecule has 19 heavy (non-hydrogen) atoms. The van der Waals surface area contributed by atoms with Crippen molar-refractivity contribution in [2.45, 2.75) is 0 Å². The first kappa shape index (κ1) is 12.5. The molecule has 2 N–H and O–H groups in total. The van der Waals surface area contributed by atoms with E-state index < -0.39 is 21.7 Å². The molecule has 2 aromatic carbocycles. The van der Waals surface area contributed by atoms with Crippen LogP contribution in [0.15, 0.2) is 48.5 Å². The number of aromatic hydroxyl groups is 2. The molecule has 0 saturated carbocycles. The van der Waals surface area contributed by atoms with E-state index in [1.54, 1.807) is 12.1 Å². The first-order chi connectivity index (χ1) is 9.25. The van der Waals surface area contributed by atoms with Crippen LogP contribution in [0.2, 0.25) is 0 Å². The molecule has 96 valence electrons. The maximum absolute atomic E-state index is 9.90. The van der Waals surface area contributed by atoms with Crippen LogP contribution in [0.25, 0.3) is 0 Å². The van der Waals surface area contributed by atoms with Crippen LogP contribution in [0.3, 0.4) is 0 Å². The van der Waals surface area contributed by atoms with E-state index in [2.05, 4.69) is 6.24 Å². The van der Waals surface area contributed by atoms with Crippen molar-refractivity contribution in [1.82, 2.24) is 0 Å². The third kappa shape index (κ3) is 2.45. The Labute approximate surface area is 122 Å². The molecule has 0 spiro atoms. The Hall–Kier alpha value is -1.56. The fourth-order valence-electron chi connectivity index (χ4n) is 2.18. The first-order valence-corrected chi connectivity index (χ1v) is 8.68. The molecule has 1 heterocycles. The summed E-state index contributed by atoms with van der Waals surface area (Å²) in [6.07, 6.45) is 0. The summed E-state index contributed by atoms with van der Waals surface area (Å²) >= 11 is -1.03. The number of anilines is 2. The van der Waals surface area contributed by atoms with Crippen LogP contribution in [0.4, 0.5) is 11.4 Å². The van der Waals surface area contributed by atoms with Crippen LogP contribution in [0, 0.1) is 0 Å². The summed E-state index contributed by atoms with van der Waals surface area (Å²) in [6.45, 7) is 1.80. The summed E-state index contributed by atoms with van der Waals surface area (Å²) in [5.74, 6) is 0.671. The second-order valence-electron chi connectivity index (χ2n) is 4.38. The topological polar surface area (TPSA) is 46.9 Å². The van der Waals surface area contributed by atoms with Crippen LogP contribution in [-0.4, -0.2) is 45.0 Å². The summed E-state index contributed by atoms with van der Waals surface area (Å²) in [4.78, 5) is 0. The van der Waals surface area contributed by atoms with Crippen LogP contribution in [0.5, 0.6) is 11.5 Å². The molecule has 0 aliphatic carbocycles. The van der Waals surface area contributed by atoms with Gasteiger partial charge in [-0.3, -0.25) is 0 Å². The Morgan fingerprint density at radius 3 is 1.58 bits per heavy atom. The van der Waals surface area contributed by atoms with Crippen molar-refractivity contribution in [2.24, 2.45) is 0 Å². The van der Waals surface area contributed by atoms with Gasteiger partial charge in [0.2, 0.25) is 0 Å². The van der Waals surface area contributed by atoms with E-state index in [-0.39, 0.29) is 0 Å². The minimum absolute atomic E-state index is 0.336. The monoisotopic (exact) mass is 362 g/mol. The van der Waals surface area contributed by atoms with Crippen molar-refractivity contribution in [3.05, 3.63) is 48.5 Å². The van der Waals surface area contributed by atoms with E-state index in [4.69, 9.17) is 0 Å². The van der Waals surface area contributed by atoms with Gasteiger partial charge in [0.05, 0.1) is 0 Å². The average molecular weight is 361 g/mol. The maximum atomic E-state index is 9.90. The zero-order valence-corrected chi connectivity index (χ0v) is 13.2. The van der Waals surface area contributed by atoms with E-state index in [1.165, 1.54) is 0 Å². The fourth-order valence-corrected chi connectivity index (χ4v) is 5.85. The van der Waals surface area contributed by atoms with Gasteiger partial charge >= 0.3 is 123 Å². The van der Waals surface area contributed by atoms with Gasteiger partial charge in [0.15, 0.2) is 0 Å². The Kier molecular flexibility index (Phi) is 3.42. The standard InChI is InChI=1S/C14H14N2O2.Sn/c17-13-7-3-1-5-11(13)15-9-10-16-12-6-2-4-8-14(12)18;/h1-8,17-18H,9-10H2;/q-2;+2. The number of nitrogens with zero attached hydrogens (tertiary/aromatic N) is 2. The molecule has 0 aromatic heterocycles. The van der Waals surface area contributed by atoms with Crippen molar-refractivity contribution in [3.8, 4) is 11.5 Å². The molecule has 1 saturated heterocycles. The van der Waals surface area contributed by atoms with E-state index in [0.29, 0.717) is 11.5 Å². The molecule has 0 unspecified atom stereocenters. The molecule has 2 radical (unpaired) electrons. The van der Waals surface area contributed by atoms with Crippen LogP contribution in [0.1, 0.15) is 0 Å². The molecule has 0 bridgehead atoms. The van der Waals surface area contributed by atoms with Crippen LogP contribution < -0.4 is 6.24 Å². The Balaban J connectivity index is 1.82. The molecule has 1 fully saturated rings. The number of phenolic OH excluding ortho intramolecular Hbond substituents is 2. The molecular formula is C14H14N2O2Sn. The van der Waals surface area contributed by atoms with Crippen molar-refractivity contribution >= 4 is 33.1 Å². The Bertz CT molecular complexity index is 540. The Morgan fingerprint density at radius 1 is 0.737 bits per heavy atom. The average Bonchev–Trinajstić information content (AvgIpc) is 2.89. The summed E-state index contributed by atoms with van der Waals surface area (Å²) < 4.78 is 4.54. The van der Waals surface area contributed by atoms with Crippen molar-refractivity contribution in [1.29, 1.82) is 0 Å². The zero-order chi connectivity index (χ0) is 13.2. The zero-order valence-electron chi connectivity index (χ0n) is 10.3. The predicted octanol–water partition coefficient (Wildman–Crippen LogP) is 1.96. The number of phenols is 2. The first-order valence-electron chi connectivity index (χ1n) is 6.13. The molecule has 2 aromatic rings. The number of hydrogen-bond donors (Lipinski definition) is 2. The third-order valence-electron chi connectivity index (χ3n) is 3.13. The third-order valence-corrected chi connectivity index (χ3v) is 7.16. The summed E-state index contributed by atoms with van der Waals surface area (Å²) in [6, 6.07) is 14.9. The van der Waals surface area contributed by atoms with Crippen molar-refractivity contribution < 1.29 is 10.2 Å². The SMILES string of the molecule is Oc1ccccc1[N]1CC[N](c2ccccc2O)[Sn]1. The van der Waals surface area contributed by atoms with Gasteiger partial charge in [0.25, 0.3) is 0 Å². The van der Waals surface area contributed by atoms with Gasteiger partial charge < -0.3 is 0 Å². The summed E-state index contributed by atoms with van der Waals surface area (Å²) in [7, 11) is 0. The van der Waals surface area contributed by atoms with Crippen molar-refractivity contribution in [2.75, 3.05) is 19.3 Å². The summed E-state index contributed by atoms with van der Waals surface area (Å²) in [5.41, 5.74) is 1.82. The van der Waals surface area contributed by atoms with Gasteiger partial charge in [-0.2, -0.15) is 0 Å². The van der Waals surface area contributed by atoms with Gasteiger partial charge in [-0.05, 0) is 0 Å². The second-order valence-corrected chi connectivity index (χ2v) is 8.03. The molecule has 0 atom stereocenters. The van der Waals surface area contributed by atoms with Gasteiger partial charge in [-0.1, -0.05) is 0 Å². The van der Waals surface area contributed by atoms with Crippen LogP contribution in [-0.2, 0) is 0 Å². The van der Waals surface area contributed by atoms with E-state index in [1.807, 2.05) is 36.4 Å². The van der Waals surface area contributed by atoms with E-state index in [9.17, 15) is 10.2 Å². The number of rotatable bonds is 2. The van der Waals surface area contributed by atoms with Gasteiger partial charge in [0.1, 0.15) is 0 Å². The van der Waals surface area contributed by atoms with E-state index >= 15 is 0 Å². The van der Waals surface area contributed by atoms with Crippen molar-refractivity contribution in [3.63, 3.8) is 0 Å². The molecular weight excluding hydrogens is 347 g/mol. The van der Waals surface area contributed by atoms with E-state index in [0.717, 1.165) is 24.5 Å². The Morgan fingerprint density at radius 2 is 1.16 bits per heavy atom. The number of benzene rings is 2. The van der Waals surface area contributed by atoms with Gasteiger partial charge in [-0.25, -0.2) is 0 Å². The number of hydrogen-bond acceptors (Lipinski definition) is 4. The quantitative estimate of drug-likeness (QED) is 0.804. The second kappa shape index (κ2) is 5.20. The van der Waals surface area contributed by atoms with Gasteiger partial charge in [-0.15, -0.1) is 0 Å². The fraction of sp³-hybridized carbons (Fsp3) is 0.143. The molecule has 1 aliphatic rings. The molecule has 0 amide bonds. The minimum atomic E-state index is -1.03. The number of para-hydroxylation sites is 4. The molecule has 3 rings (SSSR count). The molecule has 4 nitrogen and oxygen atoms in total. The predicted molar refractivity (Wildman–Crippen MR) is 76.7 cm³/mol. The van der Waals surface area contributed by atoms with Gasteiger partial charge in [0, 0.05) is 0 Å². The molecule has 5 heteroatoms. The van der Waals surface area contributed by atoms with Crippen LogP contribution >= 0.6 is 0 Å². The summed E-state index contributed by atoms with van der Waals surface area (Å²) in [5, 5.41) is 19.8.